The van der Waals surface area contributed by atoms with E-state index in [1.54, 1.807) is 12.1 Å². The highest BCUT2D eigenvalue weighted by Crippen LogP contribution is 2.36. The molecule has 31 heavy (non-hydrogen) atoms. The van der Waals surface area contributed by atoms with Crippen LogP contribution >= 0.6 is 24.0 Å². The highest BCUT2D eigenvalue weighted by molar-refractivity contribution is 8.27. The smallest absolute Gasteiger partial charge is 0.270 e. The quantitative estimate of drug-likeness (QED) is 0.212. The Morgan fingerprint density at radius 1 is 1.00 bits per heavy atom. The zero-order valence-electron chi connectivity index (χ0n) is 16.1. The number of anilines is 1. The maximum absolute atomic E-state index is 12.8. The van der Waals surface area contributed by atoms with Gasteiger partial charge in [0.15, 0.2) is 4.32 Å². The summed E-state index contributed by atoms with van der Waals surface area (Å²) in [7, 11) is 0. The van der Waals surface area contributed by atoms with E-state index in [-0.39, 0.29) is 11.6 Å². The molecule has 8 heteroatoms. The molecule has 1 aliphatic rings. The van der Waals surface area contributed by atoms with Crippen LogP contribution in [0.4, 0.5) is 11.4 Å². The minimum atomic E-state index is -0.434. The summed E-state index contributed by atoms with van der Waals surface area (Å²) in [6.07, 6.45) is 1.81. The van der Waals surface area contributed by atoms with E-state index in [1.807, 2.05) is 60.7 Å². The van der Waals surface area contributed by atoms with Crippen molar-refractivity contribution in [2.75, 3.05) is 4.90 Å². The van der Waals surface area contributed by atoms with E-state index in [1.165, 1.54) is 28.8 Å². The van der Waals surface area contributed by atoms with Crippen molar-refractivity contribution >= 4 is 51.7 Å². The lowest BCUT2D eigenvalue weighted by molar-refractivity contribution is -0.384. The zero-order chi connectivity index (χ0) is 21.8. The summed E-state index contributed by atoms with van der Waals surface area (Å²) in [5.41, 5.74) is 2.49. The van der Waals surface area contributed by atoms with Gasteiger partial charge in [0.25, 0.3) is 11.6 Å². The Morgan fingerprint density at radius 3 is 2.32 bits per heavy atom. The molecule has 6 nitrogen and oxygen atoms in total. The van der Waals surface area contributed by atoms with Crippen LogP contribution in [-0.4, -0.2) is 15.2 Å². The second-order valence-electron chi connectivity index (χ2n) is 6.63. The fraction of sp³-hybridized carbons (Fsp3) is 0.0435. The summed E-state index contributed by atoms with van der Waals surface area (Å²) in [5.74, 6) is 0.520. The molecular weight excluding hydrogens is 432 g/mol. The number of non-ortho nitro benzene ring substituents is 1. The molecule has 1 saturated heterocycles. The number of amides is 1. The maximum Gasteiger partial charge on any atom is 0.270 e. The topological polar surface area (TPSA) is 72.7 Å². The molecule has 0 N–H and O–H groups in total. The van der Waals surface area contributed by atoms with Gasteiger partial charge in [-0.25, -0.2) is 0 Å². The predicted molar refractivity (Wildman–Crippen MR) is 126 cm³/mol. The number of ether oxygens (including phenoxy) is 1. The number of thioether (sulfide) groups is 1. The molecule has 0 unspecified atom stereocenters. The van der Waals surface area contributed by atoms with Crippen LogP contribution in [0.3, 0.4) is 0 Å². The summed E-state index contributed by atoms with van der Waals surface area (Å²) in [6, 6.07) is 22.9. The lowest BCUT2D eigenvalue weighted by Gasteiger charge is -2.13. The van der Waals surface area contributed by atoms with Crippen molar-refractivity contribution in [3.63, 3.8) is 0 Å². The van der Waals surface area contributed by atoms with E-state index >= 15 is 0 Å². The van der Waals surface area contributed by atoms with Gasteiger partial charge >= 0.3 is 0 Å². The van der Waals surface area contributed by atoms with Gasteiger partial charge in [-0.1, -0.05) is 54.3 Å². The number of hydrogen-bond acceptors (Lipinski definition) is 6. The maximum atomic E-state index is 12.8. The number of para-hydroxylation sites is 1. The van der Waals surface area contributed by atoms with Gasteiger partial charge in [-0.15, -0.1) is 0 Å². The van der Waals surface area contributed by atoms with Gasteiger partial charge in [-0.05, 0) is 53.6 Å². The summed E-state index contributed by atoms with van der Waals surface area (Å²) < 4.78 is 6.24. The number of hydrogen-bond donors (Lipinski definition) is 0. The Hall–Kier alpha value is -3.49. The number of thiocarbonyl (C=S) groups is 1. The Labute approximate surface area is 188 Å². The van der Waals surface area contributed by atoms with Gasteiger partial charge in [0.2, 0.25) is 0 Å². The Morgan fingerprint density at radius 2 is 1.68 bits per heavy atom. The molecule has 3 aromatic rings. The molecular formula is C23H16N2O4S2. The minimum absolute atomic E-state index is 0.0470. The van der Waals surface area contributed by atoms with Gasteiger partial charge in [0.05, 0.1) is 15.5 Å². The van der Waals surface area contributed by atoms with Crippen molar-refractivity contribution in [3.8, 4) is 5.75 Å². The fourth-order valence-electron chi connectivity index (χ4n) is 2.96. The molecule has 1 heterocycles. The number of nitro benzene ring substituents is 1. The van der Waals surface area contributed by atoms with Crippen molar-refractivity contribution in [2.45, 2.75) is 6.61 Å². The lowest BCUT2D eigenvalue weighted by atomic mass is 10.2. The summed E-state index contributed by atoms with van der Waals surface area (Å²) in [4.78, 5) is 25.2. The number of nitro groups is 1. The molecule has 0 radical (unpaired) electrons. The molecule has 0 bridgehead atoms. The molecule has 0 aliphatic carbocycles. The number of benzene rings is 3. The average Bonchev–Trinajstić information content (AvgIpc) is 3.07. The first-order chi connectivity index (χ1) is 15.0. The monoisotopic (exact) mass is 448 g/mol. The van der Waals surface area contributed by atoms with E-state index in [0.717, 1.165) is 16.8 Å². The molecule has 0 atom stereocenters. The van der Waals surface area contributed by atoms with Gasteiger partial charge in [0, 0.05) is 12.1 Å². The van der Waals surface area contributed by atoms with E-state index in [0.29, 0.717) is 21.6 Å². The molecule has 0 saturated carbocycles. The largest absolute Gasteiger partial charge is 0.489 e. The molecule has 154 valence electrons. The average molecular weight is 449 g/mol. The van der Waals surface area contributed by atoms with Crippen LogP contribution in [0.1, 0.15) is 11.1 Å². The van der Waals surface area contributed by atoms with Gasteiger partial charge < -0.3 is 4.74 Å². The van der Waals surface area contributed by atoms with Crippen molar-refractivity contribution in [1.29, 1.82) is 0 Å². The first kappa shape index (κ1) is 20.8. The van der Waals surface area contributed by atoms with Crippen LogP contribution in [-0.2, 0) is 11.4 Å². The van der Waals surface area contributed by atoms with Crippen LogP contribution in [0, 0.1) is 10.1 Å². The van der Waals surface area contributed by atoms with E-state index < -0.39 is 4.92 Å². The van der Waals surface area contributed by atoms with Gasteiger partial charge in [-0.3, -0.25) is 19.8 Å². The predicted octanol–water partition coefficient (Wildman–Crippen LogP) is 5.58. The zero-order valence-corrected chi connectivity index (χ0v) is 17.8. The third-order valence-electron chi connectivity index (χ3n) is 4.54. The van der Waals surface area contributed by atoms with Crippen LogP contribution in [0.5, 0.6) is 5.75 Å². The highest BCUT2D eigenvalue weighted by atomic mass is 32.2. The number of nitrogens with zero attached hydrogens (tertiary/aromatic N) is 2. The molecule has 0 aromatic heterocycles. The van der Waals surface area contributed by atoms with Gasteiger partial charge in [-0.2, -0.15) is 0 Å². The lowest BCUT2D eigenvalue weighted by Crippen LogP contribution is -2.27. The Kier molecular flexibility index (Phi) is 6.11. The molecule has 1 amide bonds. The third-order valence-corrected chi connectivity index (χ3v) is 5.84. The number of carbonyl (C=O) groups excluding carboxylic acids is 1. The van der Waals surface area contributed by atoms with Crippen molar-refractivity contribution in [1.82, 2.24) is 0 Å². The minimum Gasteiger partial charge on any atom is -0.489 e. The van der Waals surface area contributed by atoms with Crippen molar-refractivity contribution in [3.05, 3.63) is 105 Å². The highest BCUT2D eigenvalue weighted by Gasteiger charge is 2.33. The SMILES string of the molecule is O=C1/C(=C/c2ccc(OCc3ccc([N+](=O)[O-])cc3)cc2)SC(=S)N1c1ccccc1. The molecule has 3 aromatic carbocycles. The molecule has 1 aliphatic heterocycles. The summed E-state index contributed by atoms with van der Waals surface area (Å²) in [6.45, 7) is 0.299. The van der Waals surface area contributed by atoms with Crippen LogP contribution in [0.2, 0.25) is 0 Å². The fourth-order valence-corrected chi connectivity index (χ4v) is 4.26. The van der Waals surface area contributed by atoms with Gasteiger partial charge in [0.1, 0.15) is 12.4 Å². The summed E-state index contributed by atoms with van der Waals surface area (Å²) in [5, 5.41) is 10.7. The summed E-state index contributed by atoms with van der Waals surface area (Å²) >= 11 is 6.66. The normalized spacial score (nSPS) is 14.8. The molecule has 0 spiro atoms. The van der Waals surface area contributed by atoms with E-state index in [2.05, 4.69) is 0 Å². The van der Waals surface area contributed by atoms with E-state index in [9.17, 15) is 14.9 Å². The second kappa shape index (κ2) is 9.11. The standard InChI is InChI=1S/C23H16N2O4S2/c26-22-21(31-23(30)24(22)18-4-2-1-3-5-18)14-16-8-12-20(13-9-16)29-15-17-6-10-19(11-7-17)25(27)28/h1-14H,15H2/b21-14-. The first-order valence-electron chi connectivity index (χ1n) is 9.30. The number of carbonyl (C=O) groups is 1. The van der Waals surface area contributed by atoms with E-state index in [4.69, 9.17) is 17.0 Å². The molecule has 1 fully saturated rings. The molecule has 4 rings (SSSR count). The second-order valence-corrected chi connectivity index (χ2v) is 8.31. The van der Waals surface area contributed by atoms with Crippen molar-refractivity contribution < 1.29 is 14.5 Å². The van der Waals surface area contributed by atoms with Crippen LogP contribution in [0.15, 0.2) is 83.8 Å². The Balaban J connectivity index is 1.41. The number of rotatable bonds is 6. The third kappa shape index (κ3) is 4.82. The van der Waals surface area contributed by atoms with Crippen LogP contribution < -0.4 is 9.64 Å². The van der Waals surface area contributed by atoms with Crippen LogP contribution in [0.25, 0.3) is 6.08 Å². The van der Waals surface area contributed by atoms with Crippen molar-refractivity contribution in [2.24, 2.45) is 0 Å². The Bertz CT molecular complexity index is 1160. The first-order valence-corrected chi connectivity index (χ1v) is 10.5.